The van der Waals surface area contributed by atoms with Crippen molar-refractivity contribution in [3.63, 3.8) is 0 Å². The van der Waals surface area contributed by atoms with Gasteiger partial charge in [-0.1, -0.05) is 20.8 Å². The number of rotatable bonds is 4. The van der Waals surface area contributed by atoms with Crippen LogP contribution in [0.25, 0.3) is 5.69 Å². The second kappa shape index (κ2) is 6.08. The molecule has 0 aliphatic heterocycles. The van der Waals surface area contributed by atoms with E-state index in [4.69, 9.17) is 0 Å². The summed E-state index contributed by atoms with van der Waals surface area (Å²) < 4.78 is 24.7. The molecular weight excluding hydrogens is 314 g/mol. The summed E-state index contributed by atoms with van der Waals surface area (Å²) in [6.45, 7) is 6.08. The van der Waals surface area contributed by atoms with Gasteiger partial charge in [-0.05, 0) is 24.3 Å². The molecule has 0 bridgehead atoms. The molecule has 6 nitrogen and oxygen atoms in total. The third-order valence-corrected chi connectivity index (χ3v) is 4.36. The first kappa shape index (κ1) is 17.1. The van der Waals surface area contributed by atoms with E-state index in [0.717, 1.165) is 18.2 Å². The van der Waals surface area contributed by atoms with E-state index in [9.17, 15) is 13.2 Å². The van der Waals surface area contributed by atoms with Crippen molar-refractivity contribution in [1.29, 1.82) is 0 Å². The third kappa shape index (κ3) is 3.92. The van der Waals surface area contributed by atoms with Gasteiger partial charge in [0.2, 0.25) is 0 Å². The summed E-state index contributed by atoms with van der Waals surface area (Å²) in [7, 11) is -3.25. The highest BCUT2D eigenvalue weighted by molar-refractivity contribution is 7.90. The lowest BCUT2D eigenvalue weighted by atomic mass is 9.92. The number of aromatic nitrogens is 2. The SMILES string of the molecule is CC(C)(C)c1cc(N=CC=O)n(-c2ccc(S(C)(=O)=O)cc2)n1. The number of hydrogen-bond acceptors (Lipinski definition) is 5. The van der Waals surface area contributed by atoms with E-state index in [1.165, 1.54) is 12.1 Å². The third-order valence-electron chi connectivity index (χ3n) is 3.24. The van der Waals surface area contributed by atoms with Crippen LogP contribution in [0.5, 0.6) is 0 Å². The Labute approximate surface area is 135 Å². The van der Waals surface area contributed by atoms with Gasteiger partial charge in [0.1, 0.15) is 0 Å². The molecule has 0 N–H and O–H groups in total. The van der Waals surface area contributed by atoms with Crippen LogP contribution in [-0.2, 0) is 20.0 Å². The maximum Gasteiger partial charge on any atom is 0.175 e. The minimum Gasteiger partial charge on any atom is -0.297 e. The zero-order valence-electron chi connectivity index (χ0n) is 13.5. The smallest absolute Gasteiger partial charge is 0.175 e. The molecule has 1 aromatic heterocycles. The van der Waals surface area contributed by atoms with Gasteiger partial charge in [-0.3, -0.25) is 4.79 Å². The van der Waals surface area contributed by atoms with Crippen molar-refractivity contribution in [3.8, 4) is 5.69 Å². The molecule has 0 saturated carbocycles. The number of benzene rings is 1. The molecule has 0 saturated heterocycles. The van der Waals surface area contributed by atoms with Crippen LogP contribution >= 0.6 is 0 Å². The average Bonchev–Trinajstić information content (AvgIpc) is 2.88. The second-order valence-corrected chi connectivity index (χ2v) is 8.25. The lowest BCUT2D eigenvalue weighted by molar-refractivity contribution is -0.102. The summed E-state index contributed by atoms with van der Waals surface area (Å²) in [6.07, 6.45) is 2.92. The molecule has 0 aliphatic carbocycles. The molecule has 0 amide bonds. The molecule has 122 valence electrons. The summed E-state index contributed by atoms with van der Waals surface area (Å²) >= 11 is 0. The first-order valence-electron chi connectivity index (χ1n) is 7.02. The minimum atomic E-state index is -3.25. The molecular formula is C16H19N3O3S. The molecule has 0 atom stereocenters. The fraction of sp³-hybridized carbons (Fsp3) is 0.312. The Kier molecular flexibility index (Phi) is 4.51. The molecule has 0 radical (unpaired) electrons. The van der Waals surface area contributed by atoms with E-state index < -0.39 is 9.84 Å². The van der Waals surface area contributed by atoms with Gasteiger partial charge in [0.05, 0.1) is 22.5 Å². The van der Waals surface area contributed by atoms with E-state index in [1.807, 2.05) is 26.8 Å². The van der Waals surface area contributed by atoms with Crippen LogP contribution in [0.15, 0.2) is 40.2 Å². The summed E-state index contributed by atoms with van der Waals surface area (Å²) in [5.41, 5.74) is 1.32. The lowest BCUT2D eigenvalue weighted by Crippen LogP contribution is -2.12. The molecule has 7 heteroatoms. The van der Waals surface area contributed by atoms with Crippen LogP contribution in [0, 0.1) is 0 Å². The highest BCUT2D eigenvalue weighted by Gasteiger charge is 2.20. The van der Waals surface area contributed by atoms with Crippen molar-refractivity contribution in [3.05, 3.63) is 36.0 Å². The largest absolute Gasteiger partial charge is 0.297 e. The Bertz CT molecular complexity index is 842. The number of carbonyl (C=O) groups excluding carboxylic acids is 1. The zero-order chi connectivity index (χ0) is 17.3. The summed E-state index contributed by atoms with van der Waals surface area (Å²) in [4.78, 5) is 14.9. The van der Waals surface area contributed by atoms with Gasteiger partial charge in [0, 0.05) is 17.7 Å². The summed E-state index contributed by atoms with van der Waals surface area (Å²) in [5, 5.41) is 4.53. The quantitative estimate of drug-likeness (QED) is 0.636. The second-order valence-electron chi connectivity index (χ2n) is 6.23. The maximum atomic E-state index is 11.5. The van der Waals surface area contributed by atoms with Crippen molar-refractivity contribution in [2.45, 2.75) is 31.1 Å². The summed E-state index contributed by atoms with van der Waals surface area (Å²) in [6, 6.07) is 8.18. The van der Waals surface area contributed by atoms with Crippen LogP contribution in [0.3, 0.4) is 0 Å². The fourth-order valence-corrected chi connectivity index (χ4v) is 2.59. The van der Waals surface area contributed by atoms with Crippen LogP contribution in [0.4, 0.5) is 5.82 Å². The van der Waals surface area contributed by atoms with Crippen molar-refractivity contribution < 1.29 is 13.2 Å². The van der Waals surface area contributed by atoms with Crippen molar-refractivity contribution >= 4 is 28.2 Å². The van der Waals surface area contributed by atoms with E-state index in [1.54, 1.807) is 16.8 Å². The highest BCUT2D eigenvalue weighted by Crippen LogP contribution is 2.28. The monoisotopic (exact) mass is 333 g/mol. The molecule has 0 aliphatic rings. The first-order valence-corrected chi connectivity index (χ1v) is 8.91. The Morgan fingerprint density at radius 2 is 1.78 bits per heavy atom. The zero-order valence-corrected chi connectivity index (χ0v) is 14.3. The molecule has 2 rings (SSSR count). The van der Waals surface area contributed by atoms with Gasteiger partial charge in [0.15, 0.2) is 21.9 Å². The van der Waals surface area contributed by atoms with Crippen LogP contribution in [0.1, 0.15) is 26.5 Å². The first-order chi connectivity index (χ1) is 10.6. The van der Waals surface area contributed by atoms with E-state index in [-0.39, 0.29) is 10.3 Å². The Morgan fingerprint density at radius 3 is 2.26 bits per heavy atom. The predicted octanol–water partition coefficient (Wildman–Crippen LogP) is 2.47. The number of sulfone groups is 1. The van der Waals surface area contributed by atoms with E-state index in [2.05, 4.69) is 10.1 Å². The number of carbonyl (C=O) groups is 1. The van der Waals surface area contributed by atoms with Crippen molar-refractivity contribution in [2.24, 2.45) is 4.99 Å². The topological polar surface area (TPSA) is 81.4 Å². The highest BCUT2D eigenvalue weighted by atomic mass is 32.2. The number of hydrogen-bond donors (Lipinski definition) is 0. The van der Waals surface area contributed by atoms with Crippen LogP contribution < -0.4 is 0 Å². The summed E-state index contributed by atoms with van der Waals surface area (Å²) in [5.74, 6) is 0.508. The van der Waals surface area contributed by atoms with Gasteiger partial charge < -0.3 is 0 Å². The molecule has 0 fully saturated rings. The molecule has 0 unspecified atom stereocenters. The fourth-order valence-electron chi connectivity index (χ4n) is 1.96. The Balaban J connectivity index is 2.55. The minimum absolute atomic E-state index is 0.177. The molecule has 23 heavy (non-hydrogen) atoms. The normalized spacial score (nSPS) is 12.7. The van der Waals surface area contributed by atoms with Crippen LogP contribution in [-0.4, -0.2) is 37.0 Å². The van der Waals surface area contributed by atoms with Gasteiger partial charge in [0.25, 0.3) is 0 Å². The predicted molar refractivity (Wildman–Crippen MR) is 89.6 cm³/mol. The molecule has 1 aromatic carbocycles. The van der Waals surface area contributed by atoms with Gasteiger partial charge in [-0.25, -0.2) is 18.1 Å². The molecule has 1 heterocycles. The number of aldehydes is 1. The Hall–Kier alpha value is -2.28. The standard InChI is InChI=1S/C16H19N3O3S/c1-16(2,3)14-11-15(17-9-10-20)19(18-14)12-5-7-13(8-6-12)23(4,21)22/h5-11H,1-4H3. The van der Waals surface area contributed by atoms with Crippen LogP contribution in [0.2, 0.25) is 0 Å². The van der Waals surface area contributed by atoms with E-state index in [0.29, 0.717) is 17.8 Å². The lowest BCUT2D eigenvalue weighted by Gasteiger charge is -2.14. The van der Waals surface area contributed by atoms with Gasteiger partial charge >= 0.3 is 0 Å². The molecule has 2 aromatic rings. The van der Waals surface area contributed by atoms with Gasteiger partial charge in [-0.15, -0.1) is 0 Å². The van der Waals surface area contributed by atoms with Crippen molar-refractivity contribution in [2.75, 3.05) is 6.26 Å². The Morgan fingerprint density at radius 1 is 1.17 bits per heavy atom. The number of nitrogens with zero attached hydrogens (tertiary/aromatic N) is 3. The maximum absolute atomic E-state index is 11.5. The average molecular weight is 333 g/mol. The molecule has 0 spiro atoms. The van der Waals surface area contributed by atoms with Crippen molar-refractivity contribution in [1.82, 2.24) is 9.78 Å². The van der Waals surface area contributed by atoms with E-state index >= 15 is 0 Å². The van der Waals surface area contributed by atoms with Gasteiger partial charge in [-0.2, -0.15) is 5.10 Å². The number of aliphatic imine (C=N–C) groups is 1.